The van der Waals surface area contributed by atoms with E-state index in [4.69, 9.17) is 4.74 Å². The second-order valence-electron chi connectivity index (χ2n) is 11.8. The van der Waals surface area contributed by atoms with Crippen molar-refractivity contribution in [1.82, 2.24) is 0 Å². The van der Waals surface area contributed by atoms with Crippen LogP contribution >= 0.6 is 0 Å². The zero-order chi connectivity index (χ0) is 20.3. The number of carbonyl (C=O) groups excluding carboxylic acids is 1. The normalized spacial score (nSPS) is 36.9. The van der Waals surface area contributed by atoms with Crippen molar-refractivity contribution in [3.63, 3.8) is 0 Å². The van der Waals surface area contributed by atoms with Gasteiger partial charge in [-0.2, -0.15) is 0 Å². The quantitative estimate of drug-likeness (QED) is 0.445. The van der Waals surface area contributed by atoms with Crippen molar-refractivity contribution in [3.05, 3.63) is 48.0 Å². The highest BCUT2D eigenvalue weighted by atomic mass is 28.3. The van der Waals surface area contributed by atoms with Crippen LogP contribution in [0.25, 0.3) is 0 Å². The number of fused-ring (bicyclic) bond motifs is 6. The summed E-state index contributed by atoms with van der Waals surface area (Å²) in [5.74, 6) is 1.67. The van der Waals surface area contributed by atoms with Gasteiger partial charge >= 0.3 is 0 Å². The number of carbonyl (C=O) groups is 1. The molecular formula is C24H36O2Si2. The highest BCUT2D eigenvalue weighted by molar-refractivity contribution is 6.76. The van der Waals surface area contributed by atoms with Gasteiger partial charge in [-0.15, -0.1) is 0 Å². The largest absolute Gasteiger partial charge is 0.362 e. The molecule has 2 fully saturated rings. The van der Waals surface area contributed by atoms with E-state index in [9.17, 15) is 4.79 Å². The van der Waals surface area contributed by atoms with Crippen LogP contribution in [0.3, 0.4) is 0 Å². The van der Waals surface area contributed by atoms with E-state index in [0.29, 0.717) is 17.6 Å². The number of ketones is 1. The fourth-order valence-electron chi connectivity index (χ4n) is 6.20. The van der Waals surface area contributed by atoms with Gasteiger partial charge in [0, 0.05) is 22.6 Å². The molecule has 2 nitrogen and oxygen atoms in total. The fraction of sp³-hybridized carbons (Fsp3) is 0.625. The molecule has 152 valence electrons. The summed E-state index contributed by atoms with van der Waals surface area (Å²) in [5.41, 5.74) is 0.859. The fourth-order valence-corrected chi connectivity index (χ4v) is 10.1. The number of ether oxygens (including phenoxy) is 1. The first-order valence-electron chi connectivity index (χ1n) is 10.9. The molecule has 1 aromatic carbocycles. The zero-order valence-electron chi connectivity index (χ0n) is 18.4. The predicted octanol–water partition coefficient (Wildman–Crippen LogP) is 5.66. The third kappa shape index (κ3) is 3.64. The number of rotatable bonds is 6. The molecule has 4 rings (SSSR count). The summed E-state index contributed by atoms with van der Waals surface area (Å²) < 4.78 is 6.73. The standard InChI is InChI=1S/C24H36O2Si2/c1-27(2,3)15-18-19(16-28(4,5)6)22-23(25)21(18)20-12-13-24(22,26-20)14-17-10-8-7-9-11-17/h7-13,18-22H,14-16H2,1-6H3/t18-,19+,20-,21-,22-,24-/m0/s1. The van der Waals surface area contributed by atoms with E-state index in [1.807, 2.05) is 0 Å². The van der Waals surface area contributed by atoms with Gasteiger partial charge in [0.05, 0.1) is 17.9 Å². The summed E-state index contributed by atoms with van der Waals surface area (Å²) in [6, 6.07) is 13.1. The Hall–Kier alpha value is -0.976. The minimum atomic E-state index is -1.30. The lowest BCUT2D eigenvalue weighted by atomic mass is 9.75. The van der Waals surface area contributed by atoms with Crippen molar-refractivity contribution in [2.75, 3.05) is 0 Å². The number of benzene rings is 1. The Balaban J connectivity index is 1.74. The SMILES string of the molecule is C[Si](C)(C)C[C@@H]1[C@H](C[Si](C)(C)C)[C@@H]2C(=O)[C@H]1[C@@]1(Cc3ccccc3)C=C[C@@H]2O1. The van der Waals surface area contributed by atoms with Crippen LogP contribution in [0.1, 0.15) is 5.56 Å². The van der Waals surface area contributed by atoms with E-state index < -0.39 is 21.7 Å². The van der Waals surface area contributed by atoms with Crippen LogP contribution in [-0.4, -0.2) is 33.6 Å². The molecule has 0 aromatic heterocycles. The maximum Gasteiger partial charge on any atom is 0.145 e. The van der Waals surface area contributed by atoms with Gasteiger partial charge in [0.1, 0.15) is 11.4 Å². The van der Waals surface area contributed by atoms with Gasteiger partial charge in [-0.3, -0.25) is 4.79 Å². The molecule has 4 heteroatoms. The Kier molecular flexibility index (Phi) is 4.92. The minimum Gasteiger partial charge on any atom is -0.362 e. The van der Waals surface area contributed by atoms with Gasteiger partial charge in [-0.05, 0) is 17.4 Å². The second kappa shape index (κ2) is 6.78. The van der Waals surface area contributed by atoms with Gasteiger partial charge in [-0.25, -0.2) is 0 Å². The molecule has 4 bridgehead atoms. The molecule has 0 amide bonds. The maximum absolute atomic E-state index is 13.7. The molecule has 0 N–H and O–H groups in total. The lowest BCUT2D eigenvalue weighted by molar-refractivity contribution is -0.154. The molecule has 6 atom stereocenters. The highest BCUT2D eigenvalue weighted by Crippen LogP contribution is 2.59. The third-order valence-electron chi connectivity index (χ3n) is 6.90. The smallest absolute Gasteiger partial charge is 0.145 e. The Morgan fingerprint density at radius 1 is 0.929 bits per heavy atom. The lowest BCUT2D eigenvalue weighted by Gasteiger charge is -2.41. The molecule has 28 heavy (non-hydrogen) atoms. The Morgan fingerprint density at radius 2 is 1.54 bits per heavy atom. The second-order valence-corrected chi connectivity index (χ2v) is 22.9. The highest BCUT2D eigenvalue weighted by Gasteiger charge is 2.66. The first-order chi connectivity index (χ1) is 13.0. The lowest BCUT2D eigenvalue weighted by Crippen LogP contribution is -2.50. The first-order valence-corrected chi connectivity index (χ1v) is 18.4. The Bertz CT molecular complexity index is 774. The van der Waals surface area contributed by atoms with Crippen LogP contribution in [0, 0.1) is 23.7 Å². The van der Waals surface area contributed by atoms with Gasteiger partial charge in [0.2, 0.25) is 0 Å². The van der Waals surface area contributed by atoms with E-state index in [1.165, 1.54) is 17.7 Å². The van der Waals surface area contributed by atoms with Gasteiger partial charge in [-0.1, -0.05) is 93.9 Å². The summed E-state index contributed by atoms with van der Waals surface area (Å²) >= 11 is 0. The van der Waals surface area contributed by atoms with Gasteiger partial charge in [0.15, 0.2) is 0 Å². The molecule has 1 saturated carbocycles. The Labute approximate surface area is 172 Å². The Morgan fingerprint density at radius 3 is 2.14 bits per heavy atom. The van der Waals surface area contributed by atoms with E-state index in [1.54, 1.807) is 0 Å². The zero-order valence-corrected chi connectivity index (χ0v) is 20.4. The van der Waals surface area contributed by atoms with Crippen LogP contribution in [0.2, 0.25) is 51.4 Å². The van der Waals surface area contributed by atoms with Gasteiger partial charge < -0.3 is 4.74 Å². The molecule has 1 aromatic rings. The topological polar surface area (TPSA) is 26.3 Å². The van der Waals surface area contributed by atoms with Crippen LogP contribution < -0.4 is 0 Å². The van der Waals surface area contributed by atoms with Crippen LogP contribution in [-0.2, 0) is 16.0 Å². The van der Waals surface area contributed by atoms with Crippen molar-refractivity contribution < 1.29 is 9.53 Å². The summed E-state index contributed by atoms with van der Waals surface area (Å²) in [7, 11) is -2.57. The van der Waals surface area contributed by atoms with E-state index >= 15 is 0 Å². The summed E-state index contributed by atoms with van der Waals surface area (Å²) in [6.45, 7) is 14.8. The van der Waals surface area contributed by atoms with E-state index in [0.717, 1.165) is 6.42 Å². The molecule has 0 unspecified atom stereocenters. The van der Waals surface area contributed by atoms with Gasteiger partial charge in [0.25, 0.3) is 0 Å². The molecule has 3 aliphatic rings. The van der Waals surface area contributed by atoms with Crippen molar-refractivity contribution in [2.24, 2.45) is 23.7 Å². The van der Waals surface area contributed by atoms with E-state index in [2.05, 4.69) is 81.8 Å². The molecular weight excluding hydrogens is 376 g/mol. The molecule has 2 aliphatic heterocycles. The van der Waals surface area contributed by atoms with E-state index in [-0.39, 0.29) is 17.9 Å². The average molecular weight is 413 g/mol. The first kappa shape index (κ1) is 20.3. The monoisotopic (exact) mass is 412 g/mol. The number of Topliss-reactive ketones (excluding diaryl/α,β-unsaturated/α-hetero) is 1. The molecule has 0 spiro atoms. The van der Waals surface area contributed by atoms with Crippen LogP contribution in [0.5, 0.6) is 0 Å². The molecule has 0 radical (unpaired) electrons. The molecule has 2 heterocycles. The summed E-state index contributed by atoms with van der Waals surface area (Å²) in [6.07, 6.45) is 5.33. The summed E-state index contributed by atoms with van der Waals surface area (Å²) in [4.78, 5) is 13.7. The van der Waals surface area contributed by atoms with Crippen molar-refractivity contribution >= 4 is 21.9 Å². The summed E-state index contributed by atoms with van der Waals surface area (Å²) in [5, 5.41) is 0. The van der Waals surface area contributed by atoms with Crippen molar-refractivity contribution in [1.29, 1.82) is 0 Å². The average Bonchev–Trinajstić information content (AvgIpc) is 3.00. The number of hydrogen-bond acceptors (Lipinski definition) is 2. The molecule has 1 aliphatic carbocycles. The van der Waals surface area contributed by atoms with Crippen LogP contribution in [0.15, 0.2) is 42.5 Å². The number of hydrogen-bond donors (Lipinski definition) is 0. The van der Waals surface area contributed by atoms with Crippen molar-refractivity contribution in [3.8, 4) is 0 Å². The van der Waals surface area contributed by atoms with Crippen molar-refractivity contribution in [2.45, 2.75) is 69.5 Å². The minimum absolute atomic E-state index is 0.000414. The maximum atomic E-state index is 13.7. The molecule has 1 saturated heterocycles. The predicted molar refractivity (Wildman–Crippen MR) is 122 cm³/mol. The van der Waals surface area contributed by atoms with Crippen LogP contribution in [0.4, 0.5) is 0 Å². The third-order valence-corrected chi connectivity index (χ3v) is 10.3.